The van der Waals surface area contributed by atoms with Crippen molar-refractivity contribution in [2.75, 3.05) is 14.2 Å². The Morgan fingerprint density at radius 2 is 2.05 bits per heavy atom. The Hall–Kier alpha value is -2.63. The molecule has 0 atom stereocenters. The Morgan fingerprint density at radius 3 is 2.71 bits per heavy atom. The van der Waals surface area contributed by atoms with Crippen molar-refractivity contribution in [3.63, 3.8) is 0 Å². The van der Waals surface area contributed by atoms with E-state index in [4.69, 9.17) is 9.47 Å². The number of methoxy groups -OCH3 is 2. The number of aromatic nitrogens is 1. The fourth-order valence-electron chi connectivity index (χ4n) is 1.84. The molecule has 21 heavy (non-hydrogen) atoms. The number of pyridine rings is 1. The van der Waals surface area contributed by atoms with Crippen LogP contribution in [0.4, 0.5) is 4.39 Å². The van der Waals surface area contributed by atoms with Gasteiger partial charge in [0.2, 0.25) is 5.95 Å². The maximum Gasteiger partial charge on any atom is 0.251 e. The zero-order valence-corrected chi connectivity index (χ0v) is 11.7. The highest BCUT2D eigenvalue weighted by atomic mass is 19.1. The number of hydrogen-bond donors (Lipinski definition) is 1. The van der Waals surface area contributed by atoms with Gasteiger partial charge in [-0.25, -0.2) is 4.98 Å². The third-order valence-electron chi connectivity index (χ3n) is 2.92. The van der Waals surface area contributed by atoms with Gasteiger partial charge in [0.15, 0.2) is 0 Å². The number of nitrogens with one attached hydrogen (secondary N) is 1. The van der Waals surface area contributed by atoms with Crippen LogP contribution in [0.3, 0.4) is 0 Å². The van der Waals surface area contributed by atoms with Gasteiger partial charge in [-0.2, -0.15) is 4.39 Å². The highest BCUT2D eigenvalue weighted by Crippen LogP contribution is 2.23. The van der Waals surface area contributed by atoms with E-state index in [-0.39, 0.29) is 18.0 Å². The maximum absolute atomic E-state index is 13.0. The quantitative estimate of drug-likeness (QED) is 0.857. The Kier molecular flexibility index (Phi) is 4.71. The molecule has 0 fully saturated rings. The van der Waals surface area contributed by atoms with Crippen LogP contribution >= 0.6 is 0 Å². The van der Waals surface area contributed by atoms with Crippen LogP contribution in [-0.4, -0.2) is 25.1 Å². The van der Waals surface area contributed by atoms with Gasteiger partial charge in [0.05, 0.1) is 14.2 Å². The Bertz CT molecular complexity index is 647. The highest BCUT2D eigenvalue weighted by molar-refractivity contribution is 5.94. The summed E-state index contributed by atoms with van der Waals surface area (Å²) < 4.78 is 23.3. The van der Waals surface area contributed by atoms with Crippen LogP contribution in [0.1, 0.15) is 15.9 Å². The van der Waals surface area contributed by atoms with Crippen molar-refractivity contribution in [3.8, 4) is 11.5 Å². The first-order chi connectivity index (χ1) is 10.1. The van der Waals surface area contributed by atoms with Gasteiger partial charge in [-0.1, -0.05) is 0 Å². The molecule has 5 nitrogen and oxygen atoms in total. The van der Waals surface area contributed by atoms with Crippen LogP contribution in [0.2, 0.25) is 0 Å². The van der Waals surface area contributed by atoms with Crippen molar-refractivity contribution < 1.29 is 18.7 Å². The highest BCUT2D eigenvalue weighted by Gasteiger charge is 2.10. The molecule has 0 bridgehead atoms. The molecule has 0 saturated heterocycles. The third kappa shape index (κ3) is 3.68. The third-order valence-corrected chi connectivity index (χ3v) is 2.92. The molecule has 0 aliphatic rings. The van der Waals surface area contributed by atoms with E-state index in [1.165, 1.54) is 12.3 Å². The zero-order chi connectivity index (χ0) is 15.2. The van der Waals surface area contributed by atoms with E-state index in [9.17, 15) is 9.18 Å². The van der Waals surface area contributed by atoms with Crippen molar-refractivity contribution in [3.05, 3.63) is 53.6 Å². The van der Waals surface area contributed by atoms with Crippen molar-refractivity contribution in [1.29, 1.82) is 0 Å². The average Bonchev–Trinajstić information content (AvgIpc) is 2.52. The molecule has 1 heterocycles. The molecule has 2 aromatic rings. The SMILES string of the molecule is COc1ccc(OC)c(CNC(=O)c2ccnc(F)c2)c1. The van der Waals surface area contributed by atoms with Gasteiger partial charge < -0.3 is 14.8 Å². The normalized spacial score (nSPS) is 10.0. The Balaban J connectivity index is 2.10. The molecule has 6 heteroatoms. The van der Waals surface area contributed by atoms with Crippen molar-refractivity contribution in [2.24, 2.45) is 0 Å². The largest absolute Gasteiger partial charge is 0.497 e. The molecular weight excluding hydrogens is 275 g/mol. The predicted molar refractivity (Wildman–Crippen MR) is 74.9 cm³/mol. The molecule has 0 unspecified atom stereocenters. The number of carbonyl (C=O) groups excluding carboxylic acids is 1. The zero-order valence-electron chi connectivity index (χ0n) is 11.7. The van der Waals surface area contributed by atoms with Crippen LogP contribution in [0, 0.1) is 5.95 Å². The molecule has 0 aliphatic carbocycles. The summed E-state index contributed by atoms with van der Waals surface area (Å²) in [5.74, 6) is 0.217. The summed E-state index contributed by atoms with van der Waals surface area (Å²) in [6.07, 6.45) is 1.25. The second kappa shape index (κ2) is 6.69. The lowest BCUT2D eigenvalue weighted by atomic mass is 10.1. The summed E-state index contributed by atoms with van der Waals surface area (Å²) in [6.45, 7) is 0.239. The molecule has 1 amide bonds. The van der Waals surface area contributed by atoms with Gasteiger partial charge in [0, 0.05) is 29.9 Å². The summed E-state index contributed by atoms with van der Waals surface area (Å²) >= 11 is 0. The number of hydrogen-bond acceptors (Lipinski definition) is 4. The molecular formula is C15H15FN2O3. The minimum absolute atomic E-state index is 0.212. The fourth-order valence-corrected chi connectivity index (χ4v) is 1.84. The Morgan fingerprint density at radius 1 is 1.24 bits per heavy atom. The van der Waals surface area contributed by atoms with Crippen molar-refractivity contribution in [2.45, 2.75) is 6.54 Å². The molecule has 2 rings (SSSR count). The lowest BCUT2D eigenvalue weighted by Crippen LogP contribution is -2.23. The van der Waals surface area contributed by atoms with E-state index in [0.717, 1.165) is 11.6 Å². The smallest absolute Gasteiger partial charge is 0.251 e. The number of carbonyl (C=O) groups is 1. The van der Waals surface area contributed by atoms with E-state index in [0.29, 0.717) is 11.5 Å². The first-order valence-corrected chi connectivity index (χ1v) is 6.24. The number of amides is 1. The van der Waals surface area contributed by atoms with Crippen LogP contribution in [-0.2, 0) is 6.54 Å². The van der Waals surface area contributed by atoms with E-state index in [1.807, 2.05) is 0 Å². The number of halogens is 1. The molecule has 0 spiro atoms. The fraction of sp³-hybridized carbons (Fsp3) is 0.200. The monoisotopic (exact) mass is 290 g/mol. The topological polar surface area (TPSA) is 60.5 Å². The lowest BCUT2D eigenvalue weighted by Gasteiger charge is -2.11. The first-order valence-electron chi connectivity index (χ1n) is 6.24. The second-order valence-corrected chi connectivity index (χ2v) is 4.23. The van der Waals surface area contributed by atoms with Gasteiger partial charge in [0.1, 0.15) is 11.5 Å². The number of benzene rings is 1. The van der Waals surface area contributed by atoms with Crippen LogP contribution in [0.5, 0.6) is 11.5 Å². The summed E-state index contributed by atoms with van der Waals surface area (Å²) in [7, 11) is 3.11. The van der Waals surface area contributed by atoms with Gasteiger partial charge in [-0.3, -0.25) is 4.79 Å². The number of rotatable bonds is 5. The summed E-state index contributed by atoms with van der Waals surface area (Å²) in [6, 6.07) is 7.82. The van der Waals surface area contributed by atoms with Gasteiger partial charge in [0.25, 0.3) is 5.91 Å². The predicted octanol–water partition coefficient (Wildman–Crippen LogP) is 2.17. The number of nitrogens with zero attached hydrogens (tertiary/aromatic N) is 1. The van der Waals surface area contributed by atoms with Crippen LogP contribution in [0.15, 0.2) is 36.5 Å². The van der Waals surface area contributed by atoms with Gasteiger partial charge in [-0.15, -0.1) is 0 Å². The van der Waals surface area contributed by atoms with Gasteiger partial charge >= 0.3 is 0 Å². The summed E-state index contributed by atoms with van der Waals surface area (Å²) in [5, 5.41) is 2.70. The molecule has 1 N–H and O–H groups in total. The average molecular weight is 290 g/mol. The summed E-state index contributed by atoms with van der Waals surface area (Å²) in [5.41, 5.74) is 0.976. The van der Waals surface area contributed by atoms with E-state index in [2.05, 4.69) is 10.3 Å². The molecule has 0 saturated carbocycles. The van der Waals surface area contributed by atoms with E-state index >= 15 is 0 Å². The second-order valence-electron chi connectivity index (χ2n) is 4.23. The van der Waals surface area contributed by atoms with Crippen LogP contribution in [0.25, 0.3) is 0 Å². The Labute approximate surface area is 121 Å². The van der Waals surface area contributed by atoms with Crippen LogP contribution < -0.4 is 14.8 Å². The standard InChI is InChI=1S/C15H15FN2O3/c1-20-12-3-4-13(21-2)11(7-12)9-18-15(19)10-5-6-17-14(16)8-10/h3-8H,9H2,1-2H3,(H,18,19). The molecule has 110 valence electrons. The minimum Gasteiger partial charge on any atom is -0.497 e. The maximum atomic E-state index is 13.0. The van der Waals surface area contributed by atoms with Crippen molar-refractivity contribution in [1.82, 2.24) is 10.3 Å². The lowest BCUT2D eigenvalue weighted by molar-refractivity contribution is 0.0950. The molecule has 1 aromatic carbocycles. The van der Waals surface area contributed by atoms with E-state index in [1.54, 1.807) is 32.4 Å². The summed E-state index contributed by atoms with van der Waals surface area (Å²) in [4.78, 5) is 15.4. The minimum atomic E-state index is -0.693. The molecule has 1 aromatic heterocycles. The van der Waals surface area contributed by atoms with E-state index < -0.39 is 5.95 Å². The first kappa shape index (κ1) is 14.8. The molecule has 0 aliphatic heterocycles. The van der Waals surface area contributed by atoms with Gasteiger partial charge in [-0.05, 0) is 24.3 Å². The van der Waals surface area contributed by atoms with Crippen molar-refractivity contribution >= 4 is 5.91 Å². The molecule has 0 radical (unpaired) electrons. The number of ether oxygens (including phenoxy) is 2.